The van der Waals surface area contributed by atoms with E-state index in [1.165, 1.54) is 32.1 Å². The van der Waals surface area contributed by atoms with Gasteiger partial charge in [0.25, 0.3) is 0 Å². The lowest BCUT2D eigenvalue weighted by molar-refractivity contribution is -0.130. The molecule has 0 heterocycles. The lowest BCUT2D eigenvalue weighted by Gasteiger charge is -2.39. The third-order valence-electron chi connectivity index (χ3n) is 4.68. The molecule has 0 saturated heterocycles. The molecule has 3 N–H and O–H groups in total. The van der Waals surface area contributed by atoms with Gasteiger partial charge in [0.2, 0.25) is 5.91 Å². The average molecular weight is 268 g/mol. The van der Waals surface area contributed by atoms with Crippen LogP contribution in [0, 0.1) is 11.3 Å². The van der Waals surface area contributed by atoms with Crippen molar-refractivity contribution in [3.05, 3.63) is 0 Å². The summed E-state index contributed by atoms with van der Waals surface area (Å²) in [5.41, 5.74) is 5.21. The molecule has 102 valence electrons. The van der Waals surface area contributed by atoms with E-state index in [9.17, 15) is 4.79 Å². The van der Waals surface area contributed by atoms with E-state index in [1.54, 1.807) is 0 Å². The van der Waals surface area contributed by atoms with Gasteiger partial charge < -0.3 is 11.1 Å². The van der Waals surface area contributed by atoms with Gasteiger partial charge in [0.05, 0.1) is 10.4 Å². The first kappa shape index (κ1) is 13.8. The molecule has 0 aromatic rings. The molecule has 0 unspecified atom stereocenters. The Kier molecular flexibility index (Phi) is 4.60. The van der Waals surface area contributed by atoms with Crippen LogP contribution in [-0.4, -0.2) is 17.4 Å². The molecule has 0 atom stereocenters. The molecule has 0 spiro atoms. The van der Waals surface area contributed by atoms with E-state index >= 15 is 0 Å². The minimum atomic E-state index is -0.512. The molecular formula is C14H24N2OS. The van der Waals surface area contributed by atoms with Crippen LogP contribution >= 0.6 is 12.2 Å². The molecule has 1 amide bonds. The number of hydrogen-bond donors (Lipinski definition) is 2. The summed E-state index contributed by atoms with van der Waals surface area (Å²) in [5, 5.41) is 3.05. The maximum Gasteiger partial charge on any atom is 0.233 e. The molecule has 2 saturated carbocycles. The molecule has 18 heavy (non-hydrogen) atoms. The van der Waals surface area contributed by atoms with Gasteiger partial charge in [-0.3, -0.25) is 4.79 Å². The summed E-state index contributed by atoms with van der Waals surface area (Å²) in [6.07, 6.45) is 10.6. The first-order valence-corrected chi connectivity index (χ1v) is 7.64. The third kappa shape index (κ3) is 2.85. The highest BCUT2D eigenvalue weighted by molar-refractivity contribution is 7.80. The van der Waals surface area contributed by atoms with Crippen LogP contribution in [0.5, 0.6) is 0 Å². The minimum absolute atomic E-state index is 0.0667. The van der Waals surface area contributed by atoms with Gasteiger partial charge in [-0.25, -0.2) is 0 Å². The zero-order valence-electron chi connectivity index (χ0n) is 11.0. The van der Waals surface area contributed by atoms with Crippen molar-refractivity contribution in [3.8, 4) is 0 Å². The first-order chi connectivity index (χ1) is 8.65. The van der Waals surface area contributed by atoms with E-state index in [0.29, 0.717) is 4.99 Å². The van der Waals surface area contributed by atoms with Crippen molar-refractivity contribution in [2.24, 2.45) is 17.1 Å². The molecule has 2 fully saturated rings. The number of thiocarbonyl (C=S) groups is 1. The van der Waals surface area contributed by atoms with Crippen LogP contribution in [0.4, 0.5) is 0 Å². The standard InChI is InChI=1S/C14H24N2OS/c15-12(18)14(8-4-9-14)13(17)16-10-7-11-5-2-1-3-6-11/h11H,1-10H2,(H2,15,18)(H,16,17). The van der Waals surface area contributed by atoms with Crippen LogP contribution < -0.4 is 11.1 Å². The Morgan fingerprint density at radius 3 is 2.39 bits per heavy atom. The number of carbonyl (C=O) groups excluding carboxylic acids is 1. The Morgan fingerprint density at radius 1 is 1.22 bits per heavy atom. The van der Waals surface area contributed by atoms with E-state index in [4.69, 9.17) is 18.0 Å². The van der Waals surface area contributed by atoms with Crippen LogP contribution in [0.3, 0.4) is 0 Å². The molecule has 2 aliphatic rings. The van der Waals surface area contributed by atoms with Gasteiger partial charge in [0.1, 0.15) is 0 Å². The van der Waals surface area contributed by atoms with Crippen LogP contribution in [0.2, 0.25) is 0 Å². The SMILES string of the molecule is NC(=S)C1(C(=O)NCCC2CCCCC2)CCC1. The molecule has 3 nitrogen and oxygen atoms in total. The van der Waals surface area contributed by atoms with E-state index < -0.39 is 5.41 Å². The van der Waals surface area contributed by atoms with Crippen molar-refractivity contribution in [3.63, 3.8) is 0 Å². The smallest absolute Gasteiger partial charge is 0.233 e. The van der Waals surface area contributed by atoms with Gasteiger partial charge in [0, 0.05) is 6.54 Å². The van der Waals surface area contributed by atoms with Crippen LogP contribution in [0.1, 0.15) is 57.8 Å². The summed E-state index contributed by atoms with van der Waals surface area (Å²) < 4.78 is 0. The van der Waals surface area contributed by atoms with Gasteiger partial charge in [-0.15, -0.1) is 0 Å². The maximum atomic E-state index is 12.2. The van der Waals surface area contributed by atoms with Crippen molar-refractivity contribution in [2.45, 2.75) is 57.8 Å². The fourth-order valence-electron chi connectivity index (χ4n) is 3.15. The number of carbonyl (C=O) groups is 1. The van der Waals surface area contributed by atoms with Gasteiger partial charge >= 0.3 is 0 Å². The second-order valence-corrected chi connectivity index (χ2v) is 6.29. The zero-order chi connectivity index (χ0) is 13.0. The summed E-state index contributed by atoms with van der Waals surface area (Å²) in [7, 11) is 0. The van der Waals surface area contributed by atoms with Crippen molar-refractivity contribution in [1.82, 2.24) is 5.32 Å². The van der Waals surface area contributed by atoms with Gasteiger partial charge in [0.15, 0.2) is 0 Å². The number of nitrogens with two attached hydrogens (primary N) is 1. The summed E-state index contributed by atoms with van der Waals surface area (Å²) in [4.78, 5) is 12.5. The van der Waals surface area contributed by atoms with E-state index in [2.05, 4.69) is 5.32 Å². The van der Waals surface area contributed by atoms with E-state index in [1.807, 2.05) is 0 Å². The topological polar surface area (TPSA) is 55.1 Å². The highest BCUT2D eigenvalue weighted by Crippen LogP contribution is 2.41. The van der Waals surface area contributed by atoms with Crippen molar-refractivity contribution < 1.29 is 4.79 Å². The Bertz CT molecular complexity index is 320. The van der Waals surface area contributed by atoms with Gasteiger partial charge in [-0.2, -0.15) is 0 Å². The number of amides is 1. The molecule has 2 aliphatic carbocycles. The predicted octanol–water partition coefficient (Wildman–Crippen LogP) is 2.53. The van der Waals surface area contributed by atoms with E-state index in [-0.39, 0.29) is 5.91 Å². The fraction of sp³-hybridized carbons (Fsp3) is 0.857. The molecule has 0 radical (unpaired) electrons. The largest absolute Gasteiger partial charge is 0.392 e. The molecular weight excluding hydrogens is 244 g/mol. The summed E-state index contributed by atoms with van der Waals surface area (Å²) in [6.45, 7) is 0.786. The van der Waals surface area contributed by atoms with Crippen molar-refractivity contribution >= 4 is 23.1 Å². The van der Waals surface area contributed by atoms with Crippen LogP contribution in [0.25, 0.3) is 0 Å². The van der Waals surface area contributed by atoms with Gasteiger partial charge in [-0.1, -0.05) is 50.7 Å². The Balaban J connectivity index is 1.72. The predicted molar refractivity (Wildman–Crippen MR) is 77.3 cm³/mol. The van der Waals surface area contributed by atoms with Crippen LogP contribution in [-0.2, 0) is 4.79 Å². The van der Waals surface area contributed by atoms with E-state index in [0.717, 1.165) is 38.1 Å². The number of nitrogens with one attached hydrogen (secondary N) is 1. The highest BCUT2D eigenvalue weighted by Gasteiger charge is 2.46. The van der Waals surface area contributed by atoms with Crippen LogP contribution in [0.15, 0.2) is 0 Å². The Labute approximate surface area is 115 Å². The summed E-state index contributed by atoms with van der Waals surface area (Å²) >= 11 is 5.05. The second-order valence-electron chi connectivity index (χ2n) is 5.85. The van der Waals surface area contributed by atoms with Crippen molar-refractivity contribution in [1.29, 1.82) is 0 Å². The second kappa shape index (κ2) is 6.00. The number of rotatable bonds is 5. The monoisotopic (exact) mass is 268 g/mol. The Morgan fingerprint density at radius 2 is 1.89 bits per heavy atom. The minimum Gasteiger partial charge on any atom is -0.392 e. The summed E-state index contributed by atoms with van der Waals surface area (Å²) in [6, 6.07) is 0. The molecule has 4 heteroatoms. The zero-order valence-corrected chi connectivity index (χ0v) is 11.9. The lowest BCUT2D eigenvalue weighted by Crippen LogP contribution is -2.53. The normalized spacial score (nSPS) is 23.1. The number of hydrogen-bond acceptors (Lipinski definition) is 2. The maximum absolute atomic E-state index is 12.2. The summed E-state index contributed by atoms with van der Waals surface area (Å²) in [5.74, 6) is 0.873. The molecule has 0 aromatic heterocycles. The average Bonchev–Trinajstić information content (AvgIpc) is 2.28. The molecule has 0 aliphatic heterocycles. The Hall–Kier alpha value is -0.640. The quantitative estimate of drug-likeness (QED) is 0.753. The molecule has 2 rings (SSSR count). The first-order valence-electron chi connectivity index (χ1n) is 7.23. The van der Waals surface area contributed by atoms with Crippen molar-refractivity contribution in [2.75, 3.05) is 6.54 Å². The molecule has 0 aromatic carbocycles. The van der Waals surface area contributed by atoms with Gasteiger partial charge in [-0.05, 0) is 25.2 Å². The molecule has 0 bridgehead atoms. The fourth-order valence-corrected chi connectivity index (χ4v) is 3.45. The lowest BCUT2D eigenvalue weighted by atomic mass is 9.68. The highest BCUT2D eigenvalue weighted by atomic mass is 32.1. The third-order valence-corrected chi connectivity index (χ3v) is 5.07.